The van der Waals surface area contributed by atoms with E-state index in [1.165, 1.54) is 12.4 Å². The highest BCUT2D eigenvalue weighted by Crippen LogP contribution is 2.15. The maximum absolute atomic E-state index is 7.38. The summed E-state index contributed by atoms with van der Waals surface area (Å²) in [5.74, 6) is 0.113. The zero-order chi connectivity index (χ0) is 13.0. The van der Waals surface area contributed by atoms with Crippen LogP contribution < -0.4 is 10.5 Å². The molecule has 1 aromatic heterocycles. The van der Waals surface area contributed by atoms with Crippen molar-refractivity contribution in [1.82, 2.24) is 9.97 Å². The summed E-state index contributed by atoms with van der Waals surface area (Å²) in [5.41, 5.74) is 6.66. The van der Waals surface area contributed by atoms with Gasteiger partial charge in [0.25, 0.3) is 0 Å². The molecule has 0 aliphatic rings. The summed E-state index contributed by atoms with van der Waals surface area (Å²) in [4.78, 5) is 7.98. The van der Waals surface area contributed by atoms with Crippen molar-refractivity contribution < 1.29 is 4.74 Å². The quantitative estimate of drug-likeness (QED) is 0.669. The van der Waals surface area contributed by atoms with Crippen LogP contribution in [0.4, 0.5) is 0 Å². The first-order chi connectivity index (χ1) is 8.66. The van der Waals surface area contributed by atoms with Crippen molar-refractivity contribution in [2.45, 2.75) is 6.61 Å². The number of nitrogens with two attached hydrogens (primary N) is 1. The zero-order valence-electron chi connectivity index (χ0n) is 9.43. The first-order valence-electron chi connectivity index (χ1n) is 5.19. The van der Waals surface area contributed by atoms with Crippen molar-refractivity contribution in [2.75, 3.05) is 0 Å². The summed E-state index contributed by atoms with van der Waals surface area (Å²) in [6.07, 6.45) is 2.98. The van der Waals surface area contributed by atoms with E-state index >= 15 is 0 Å². The summed E-state index contributed by atoms with van der Waals surface area (Å²) >= 11 is 3.36. The van der Waals surface area contributed by atoms with Crippen LogP contribution in [0, 0.1) is 5.41 Å². The minimum absolute atomic E-state index is 0.158. The van der Waals surface area contributed by atoms with Gasteiger partial charge in [0.2, 0.25) is 5.88 Å². The second-order valence-electron chi connectivity index (χ2n) is 3.54. The van der Waals surface area contributed by atoms with Gasteiger partial charge in [0.15, 0.2) is 5.69 Å². The Labute approximate surface area is 113 Å². The van der Waals surface area contributed by atoms with Crippen LogP contribution in [-0.4, -0.2) is 15.8 Å². The maximum atomic E-state index is 7.38. The van der Waals surface area contributed by atoms with Crippen molar-refractivity contribution in [2.24, 2.45) is 5.73 Å². The molecule has 0 radical (unpaired) electrons. The highest BCUT2D eigenvalue weighted by molar-refractivity contribution is 9.10. The second kappa shape index (κ2) is 5.59. The first-order valence-corrected chi connectivity index (χ1v) is 5.99. The highest BCUT2D eigenvalue weighted by Gasteiger charge is 2.09. The predicted octanol–water partition coefficient (Wildman–Crippen LogP) is 2.10. The van der Waals surface area contributed by atoms with E-state index in [-0.39, 0.29) is 17.4 Å². The van der Waals surface area contributed by atoms with Crippen LogP contribution in [-0.2, 0) is 6.61 Å². The number of nitrogen functional groups attached to an aromatic ring is 1. The molecule has 0 amide bonds. The molecule has 2 aromatic rings. The lowest BCUT2D eigenvalue weighted by atomic mass is 10.2. The number of nitrogens with one attached hydrogen (secondary N) is 1. The highest BCUT2D eigenvalue weighted by atomic mass is 79.9. The fraction of sp³-hybridized carbons (Fsp3) is 0.0833. The number of benzene rings is 1. The number of amidine groups is 1. The number of rotatable bonds is 4. The van der Waals surface area contributed by atoms with Gasteiger partial charge in [-0.15, -0.1) is 0 Å². The molecule has 1 aromatic carbocycles. The van der Waals surface area contributed by atoms with Gasteiger partial charge >= 0.3 is 0 Å². The van der Waals surface area contributed by atoms with Gasteiger partial charge in [-0.05, 0) is 17.7 Å². The molecule has 0 saturated carbocycles. The molecule has 1 heterocycles. The number of hydrogen-bond acceptors (Lipinski definition) is 4. The lowest BCUT2D eigenvalue weighted by Crippen LogP contribution is -2.15. The van der Waals surface area contributed by atoms with Gasteiger partial charge in [-0.1, -0.05) is 28.1 Å². The summed E-state index contributed by atoms with van der Waals surface area (Å²) in [7, 11) is 0. The van der Waals surface area contributed by atoms with Gasteiger partial charge < -0.3 is 10.5 Å². The predicted molar refractivity (Wildman–Crippen MR) is 71.5 cm³/mol. The SMILES string of the molecule is N=C(N)c1nccnc1OCc1ccc(Br)cc1. The lowest BCUT2D eigenvalue weighted by molar-refractivity contribution is 0.291. The molecule has 0 saturated heterocycles. The van der Waals surface area contributed by atoms with Crippen LogP contribution in [0.5, 0.6) is 5.88 Å². The molecule has 0 bridgehead atoms. The lowest BCUT2D eigenvalue weighted by Gasteiger charge is -2.08. The standard InChI is InChI=1S/C12H11BrN4O/c13-9-3-1-8(2-4-9)7-18-12-10(11(14)15)16-5-6-17-12/h1-6H,7H2,(H3,14,15). The Bertz CT molecular complexity index is 556. The largest absolute Gasteiger partial charge is 0.471 e. The molecule has 0 unspecified atom stereocenters. The molecule has 0 fully saturated rings. The van der Waals surface area contributed by atoms with Crippen LogP contribution in [0.25, 0.3) is 0 Å². The van der Waals surface area contributed by atoms with E-state index < -0.39 is 0 Å². The molecule has 5 nitrogen and oxygen atoms in total. The van der Waals surface area contributed by atoms with Crippen LogP contribution in [0.3, 0.4) is 0 Å². The van der Waals surface area contributed by atoms with Crippen molar-refractivity contribution in [1.29, 1.82) is 5.41 Å². The molecule has 3 N–H and O–H groups in total. The van der Waals surface area contributed by atoms with E-state index in [0.717, 1.165) is 10.0 Å². The van der Waals surface area contributed by atoms with Gasteiger partial charge in [-0.25, -0.2) is 9.97 Å². The summed E-state index contributed by atoms with van der Waals surface area (Å²) < 4.78 is 6.52. The third-order valence-corrected chi connectivity index (χ3v) is 2.74. The van der Waals surface area contributed by atoms with Crippen molar-refractivity contribution >= 4 is 21.8 Å². The van der Waals surface area contributed by atoms with E-state index in [4.69, 9.17) is 15.9 Å². The summed E-state index contributed by atoms with van der Waals surface area (Å²) in [6, 6.07) is 7.74. The summed E-state index contributed by atoms with van der Waals surface area (Å²) in [6.45, 7) is 0.353. The van der Waals surface area contributed by atoms with Gasteiger partial charge in [0.1, 0.15) is 12.4 Å². The maximum Gasteiger partial charge on any atom is 0.244 e. The number of ether oxygens (including phenoxy) is 1. The van der Waals surface area contributed by atoms with E-state index in [9.17, 15) is 0 Å². The second-order valence-corrected chi connectivity index (χ2v) is 4.45. The molecule has 6 heteroatoms. The Balaban J connectivity index is 2.10. The van der Waals surface area contributed by atoms with Gasteiger partial charge in [0.05, 0.1) is 0 Å². The number of halogens is 1. The van der Waals surface area contributed by atoms with Gasteiger partial charge in [0, 0.05) is 16.9 Å². The molecule has 92 valence electrons. The first kappa shape index (κ1) is 12.5. The Morgan fingerprint density at radius 1 is 1.22 bits per heavy atom. The van der Waals surface area contributed by atoms with E-state index in [1.807, 2.05) is 24.3 Å². The Morgan fingerprint density at radius 3 is 2.56 bits per heavy atom. The molecule has 0 aliphatic carbocycles. The fourth-order valence-electron chi connectivity index (χ4n) is 1.35. The average molecular weight is 307 g/mol. The fourth-order valence-corrected chi connectivity index (χ4v) is 1.61. The minimum atomic E-state index is -0.158. The van der Waals surface area contributed by atoms with E-state index in [0.29, 0.717) is 6.61 Å². The van der Waals surface area contributed by atoms with Gasteiger partial charge in [-0.3, -0.25) is 5.41 Å². The molecule has 0 atom stereocenters. The third kappa shape index (κ3) is 3.04. The molecule has 18 heavy (non-hydrogen) atoms. The number of nitrogens with zero attached hydrogens (tertiary/aromatic N) is 2. The van der Waals surface area contributed by atoms with Crippen molar-refractivity contribution in [3.63, 3.8) is 0 Å². The smallest absolute Gasteiger partial charge is 0.244 e. The normalized spacial score (nSPS) is 10.1. The van der Waals surface area contributed by atoms with Crippen LogP contribution in [0.1, 0.15) is 11.3 Å². The molecule has 0 spiro atoms. The topological polar surface area (TPSA) is 84.9 Å². The number of hydrogen-bond donors (Lipinski definition) is 2. The number of aromatic nitrogens is 2. The Morgan fingerprint density at radius 2 is 1.89 bits per heavy atom. The third-order valence-electron chi connectivity index (χ3n) is 2.21. The van der Waals surface area contributed by atoms with Gasteiger partial charge in [-0.2, -0.15) is 0 Å². The average Bonchev–Trinajstić information content (AvgIpc) is 2.38. The molecular weight excluding hydrogens is 296 g/mol. The van der Waals surface area contributed by atoms with Crippen molar-refractivity contribution in [3.05, 3.63) is 52.4 Å². The van der Waals surface area contributed by atoms with E-state index in [2.05, 4.69) is 25.9 Å². The van der Waals surface area contributed by atoms with E-state index in [1.54, 1.807) is 0 Å². The molecule has 2 rings (SSSR count). The van der Waals surface area contributed by atoms with Crippen LogP contribution in [0.2, 0.25) is 0 Å². The van der Waals surface area contributed by atoms with Crippen molar-refractivity contribution in [3.8, 4) is 5.88 Å². The monoisotopic (exact) mass is 306 g/mol. The summed E-state index contributed by atoms with van der Waals surface area (Å²) in [5, 5.41) is 7.38. The Hall–Kier alpha value is -1.95. The van der Waals surface area contributed by atoms with Crippen LogP contribution in [0.15, 0.2) is 41.1 Å². The minimum Gasteiger partial charge on any atom is -0.471 e. The molecule has 0 aliphatic heterocycles. The zero-order valence-corrected chi connectivity index (χ0v) is 11.0. The van der Waals surface area contributed by atoms with Crippen LogP contribution >= 0.6 is 15.9 Å². The Kier molecular flexibility index (Phi) is 3.88. The molecular formula is C12H11BrN4O.